The molecule has 25 heavy (non-hydrogen) atoms. The van der Waals surface area contributed by atoms with E-state index in [-0.39, 0.29) is 11.2 Å². The maximum absolute atomic E-state index is 10.9. The number of amides is 6. The van der Waals surface area contributed by atoms with Gasteiger partial charge >= 0.3 is 23.4 Å². The van der Waals surface area contributed by atoms with Crippen LogP contribution in [0.2, 0.25) is 0 Å². The fraction of sp³-hybridized carbons (Fsp3) is 0.100. The molecule has 15 nitrogen and oxygen atoms in total. The highest BCUT2D eigenvalue weighted by atomic mass is 16.2. The Labute approximate surface area is 134 Å². The molecular formula is C10H10N8O7. The number of rotatable bonds is 1. The third-order valence-electron chi connectivity index (χ3n) is 2.70. The highest BCUT2D eigenvalue weighted by Crippen LogP contribution is 1.91. The van der Waals surface area contributed by atoms with Crippen molar-refractivity contribution in [1.82, 2.24) is 35.9 Å². The van der Waals surface area contributed by atoms with Crippen molar-refractivity contribution in [3.8, 4) is 0 Å². The minimum absolute atomic E-state index is 0.0413. The number of H-pyrrole nitrogens is 4. The molecule has 0 aliphatic carbocycles. The number of imidazole rings is 1. The third kappa shape index (κ3) is 3.97. The van der Waals surface area contributed by atoms with Crippen molar-refractivity contribution < 1.29 is 19.2 Å². The summed E-state index contributed by atoms with van der Waals surface area (Å²) in [6.45, 7) is 0. The number of imide groups is 2. The Hall–Kier alpha value is -4.17. The van der Waals surface area contributed by atoms with Crippen molar-refractivity contribution in [2.75, 3.05) is 0 Å². The van der Waals surface area contributed by atoms with E-state index in [1.165, 1.54) is 0 Å². The van der Waals surface area contributed by atoms with Gasteiger partial charge in [-0.2, -0.15) is 0 Å². The third-order valence-corrected chi connectivity index (χ3v) is 2.70. The van der Waals surface area contributed by atoms with Crippen LogP contribution in [0, 0.1) is 0 Å². The summed E-state index contributed by atoms with van der Waals surface area (Å²) in [5.41, 5.74) is 3.04. The molecular weight excluding hydrogens is 344 g/mol. The molecule has 1 aliphatic rings. The normalized spacial score (nSPS) is 14.3. The average molecular weight is 354 g/mol. The van der Waals surface area contributed by atoms with Crippen LogP contribution in [0.1, 0.15) is 0 Å². The first kappa shape index (κ1) is 17.2. The van der Waals surface area contributed by atoms with Crippen LogP contribution < -0.4 is 38.6 Å². The van der Waals surface area contributed by atoms with Crippen molar-refractivity contribution in [2.24, 2.45) is 5.73 Å². The van der Waals surface area contributed by atoms with Crippen molar-refractivity contribution in [1.29, 1.82) is 0 Å². The Morgan fingerprint density at radius 3 is 1.88 bits per heavy atom. The van der Waals surface area contributed by atoms with E-state index >= 15 is 0 Å². The van der Waals surface area contributed by atoms with E-state index in [0.717, 1.165) is 0 Å². The summed E-state index contributed by atoms with van der Waals surface area (Å²) in [6.07, 6.45) is 0. The van der Waals surface area contributed by atoms with E-state index in [1.54, 1.807) is 10.6 Å². The second-order valence-electron chi connectivity index (χ2n) is 4.49. The summed E-state index contributed by atoms with van der Waals surface area (Å²) >= 11 is 0. The summed E-state index contributed by atoms with van der Waals surface area (Å²) in [4.78, 5) is 83.6. The number of urea groups is 2. The molecule has 2 aromatic heterocycles. The molecule has 3 heterocycles. The Morgan fingerprint density at radius 1 is 0.840 bits per heavy atom. The minimum atomic E-state index is -1.45. The Balaban J connectivity index is 0.000000181. The van der Waals surface area contributed by atoms with Gasteiger partial charge < -0.3 is 11.1 Å². The topological polar surface area (TPSA) is 245 Å². The smallest absolute Gasteiger partial charge is 0.328 e. The van der Waals surface area contributed by atoms with Crippen LogP contribution in [-0.4, -0.2) is 49.9 Å². The molecule has 2 aromatic rings. The van der Waals surface area contributed by atoms with Crippen molar-refractivity contribution in [3.05, 3.63) is 31.3 Å². The Kier molecular flexibility index (Phi) is 4.49. The van der Waals surface area contributed by atoms with Crippen LogP contribution in [0.25, 0.3) is 11.2 Å². The number of primary amides is 1. The Bertz CT molecular complexity index is 1020. The van der Waals surface area contributed by atoms with Gasteiger partial charge in [-0.05, 0) is 0 Å². The first-order valence-electron chi connectivity index (χ1n) is 6.33. The van der Waals surface area contributed by atoms with Gasteiger partial charge in [-0.25, -0.2) is 19.2 Å². The molecule has 0 aromatic carbocycles. The molecule has 0 unspecified atom stereocenters. The van der Waals surface area contributed by atoms with Gasteiger partial charge in [-0.3, -0.25) is 45.0 Å². The molecule has 0 radical (unpaired) electrons. The quantitative estimate of drug-likeness (QED) is 0.233. The second-order valence-corrected chi connectivity index (χ2v) is 4.49. The molecule has 132 valence electrons. The van der Waals surface area contributed by atoms with Gasteiger partial charge in [-0.15, -0.1) is 0 Å². The van der Waals surface area contributed by atoms with Crippen LogP contribution in [0.15, 0.2) is 14.4 Å². The summed E-state index contributed by atoms with van der Waals surface area (Å²) in [7, 11) is 0. The molecule has 0 spiro atoms. The van der Waals surface area contributed by atoms with Crippen molar-refractivity contribution in [3.63, 3.8) is 0 Å². The second kappa shape index (κ2) is 6.52. The average Bonchev–Trinajstić information content (AvgIpc) is 2.84. The zero-order chi connectivity index (χ0) is 18.7. The number of hydrogen-bond acceptors (Lipinski definition) is 7. The largest absolute Gasteiger partial charge is 0.352 e. The Morgan fingerprint density at radius 2 is 1.36 bits per heavy atom. The number of nitrogens with two attached hydrogens (primary N) is 1. The van der Waals surface area contributed by atoms with E-state index in [9.17, 15) is 33.6 Å². The van der Waals surface area contributed by atoms with Gasteiger partial charge in [0, 0.05) is 0 Å². The molecule has 9 N–H and O–H groups in total. The van der Waals surface area contributed by atoms with Gasteiger partial charge in [0.1, 0.15) is 11.2 Å². The highest BCUT2D eigenvalue weighted by molar-refractivity contribution is 6.19. The number of aromatic nitrogens is 4. The van der Waals surface area contributed by atoms with Crippen LogP contribution in [0.3, 0.4) is 0 Å². The van der Waals surface area contributed by atoms with Gasteiger partial charge in [0.25, 0.3) is 17.4 Å². The molecule has 6 amide bonds. The van der Waals surface area contributed by atoms with Crippen LogP contribution >= 0.6 is 0 Å². The number of carbonyl (C=O) groups is 4. The first-order valence-corrected chi connectivity index (χ1v) is 6.33. The number of hydrogen-bond donors (Lipinski definition) is 8. The first-order chi connectivity index (χ1) is 11.7. The van der Waals surface area contributed by atoms with Crippen LogP contribution in [0.4, 0.5) is 9.59 Å². The number of barbiturate groups is 1. The lowest BCUT2D eigenvalue weighted by molar-refractivity contribution is -0.132. The minimum Gasteiger partial charge on any atom is -0.352 e. The van der Waals surface area contributed by atoms with E-state index in [0.29, 0.717) is 0 Å². The maximum atomic E-state index is 10.9. The summed E-state index contributed by atoms with van der Waals surface area (Å²) in [5.74, 6) is -1.82. The zero-order valence-corrected chi connectivity index (χ0v) is 12.0. The zero-order valence-electron chi connectivity index (χ0n) is 12.0. The summed E-state index contributed by atoms with van der Waals surface area (Å²) < 4.78 is 0. The molecule has 1 fully saturated rings. The molecule has 1 aliphatic heterocycles. The van der Waals surface area contributed by atoms with E-state index in [2.05, 4.69) is 20.7 Å². The highest BCUT2D eigenvalue weighted by Gasteiger charge is 2.34. The molecule has 0 bridgehead atoms. The van der Waals surface area contributed by atoms with E-state index in [4.69, 9.17) is 0 Å². The summed E-state index contributed by atoms with van der Waals surface area (Å²) in [6, 6.07) is -3.39. The number of nitrogens with one attached hydrogen (secondary N) is 7. The predicted molar refractivity (Wildman–Crippen MR) is 78.3 cm³/mol. The van der Waals surface area contributed by atoms with Crippen LogP contribution in [0.5, 0.6) is 0 Å². The van der Waals surface area contributed by atoms with Gasteiger partial charge in [0.15, 0.2) is 6.04 Å². The van der Waals surface area contributed by atoms with Crippen LogP contribution in [-0.2, 0) is 9.59 Å². The number of fused-ring (bicyclic) bond motifs is 1. The molecule has 3 rings (SSSR count). The SMILES string of the molecule is NC(=O)NC1C(=O)NC(=O)NC1=O.O=c1[nH]c(=O)c2[nH]c(=O)[nH]c2[nH]1. The summed E-state index contributed by atoms with van der Waals surface area (Å²) in [5, 5.41) is 5.43. The molecule has 0 saturated carbocycles. The lowest BCUT2D eigenvalue weighted by Gasteiger charge is -2.20. The predicted octanol–water partition coefficient (Wildman–Crippen LogP) is -4.38. The molecule has 0 atom stereocenters. The van der Waals surface area contributed by atoms with Crippen molar-refractivity contribution in [2.45, 2.75) is 6.04 Å². The van der Waals surface area contributed by atoms with E-state index in [1.807, 2.05) is 10.3 Å². The fourth-order valence-corrected chi connectivity index (χ4v) is 1.75. The maximum Gasteiger partial charge on any atom is 0.328 e. The lowest BCUT2D eigenvalue weighted by Crippen LogP contribution is -2.64. The van der Waals surface area contributed by atoms with Gasteiger partial charge in [-0.1, -0.05) is 0 Å². The lowest BCUT2D eigenvalue weighted by atomic mass is 10.2. The fourth-order valence-electron chi connectivity index (χ4n) is 1.75. The molecule has 1 saturated heterocycles. The van der Waals surface area contributed by atoms with Crippen molar-refractivity contribution >= 4 is 35.0 Å². The number of aromatic amines is 4. The van der Waals surface area contributed by atoms with E-state index < -0.39 is 46.9 Å². The van der Waals surface area contributed by atoms with Gasteiger partial charge in [0.05, 0.1) is 0 Å². The molecule has 15 heteroatoms. The van der Waals surface area contributed by atoms with Gasteiger partial charge in [0.2, 0.25) is 0 Å². The standard InChI is InChI=1S/C5H6N4O4.C5H4N4O3/c6-4(12)7-1-2(10)8-5(13)9-3(1)11;10-3-1-2(7-4(11)6-1)8-5(12)9-3/h1H,(H3,6,7,12)(H2,8,9,10,11,13);(H4,6,7,8,9,10,11,12). The number of carbonyl (C=O) groups excluding carboxylic acids is 4. The monoisotopic (exact) mass is 354 g/mol.